The fraction of sp³-hybridized carbons (Fsp3) is 0.0909. The van der Waals surface area contributed by atoms with Crippen molar-refractivity contribution >= 4 is 68.9 Å². The van der Waals surface area contributed by atoms with Crippen LogP contribution in [0.2, 0.25) is 0 Å². The average Bonchev–Trinajstić information content (AvgIpc) is 3.38. The van der Waals surface area contributed by atoms with Gasteiger partial charge in [-0.25, -0.2) is 9.97 Å². The summed E-state index contributed by atoms with van der Waals surface area (Å²) in [6, 6.07) is 14.2. The topological polar surface area (TPSA) is 54.0 Å². The van der Waals surface area contributed by atoms with Gasteiger partial charge < -0.3 is 9.97 Å². The van der Waals surface area contributed by atoms with Crippen molar-refractivity contribution in [2.24, 2.45) is 0 Å². The van der Waals surface area contributed by atoms with Crippen molar-refractivity contribution in [2.75, 3.05) is 0 Å². The van der Waals surface area contributed by atoms with E-state index in [9.17, 15) is 0 Å². The van der Waals surface area contributed by atoms with Gasteiger partial charge in [0.2, 0.25) is 0 Å². The van der Waals surface area contributed by atoms with E-state index in [0.717, 1.165) is 57.7 Å². The smallest absolute Gasteiger partial charge is 0.658 e. The minimum atomic E-state index is 0. The van der Waals surface area contributed by atoms with Crippen LogP contribution in [0.15, 0.2) is 42.5 Å². The minimum absolute atomic E-state index is 0. The van der Waals surface area contributed by atoms with Crippen molar-refractivity contribution in [1.29, 1.82) is 0 Å². The van der Waals surface area contributed by atoms with E-state index in [1.807, 2.05) is 42.5 Å². The molecule has 124 valence electrons. The van der Waals surface area contributed by atoms with Crippen LogP contribution in [0.25, 0.3) is 45.9 Å². The van der Waals surface area contributed by atoms with Crippen LogP contribution < -0.4 is 9.97 Å². The van der Waals surface area contributed by atoms with E-state index in [1.165, 1.54) is 11.1 Å². The van der Waals surface area contributed by atoms with E-state index >= 15 is 0 Å². The number of fused-ring (bicyclic) bond motifs is 8. The van der Waals surface area contributed by atoms with Gasteiger partial charge in [-0.2, -0.15) is 0 Å². The fourth-order valence-electron chi connectivity index (χ4n) is 3.82. The molecule has 3 aromatic rings. The summed E-state index contributed by atoms with van der Waals surface area (Å²) < 4.78 is 0. The molecule has 0 saturated heterocycles. The average molecular weight is 359 g/mol. The summed E-state index contributed by atoms with van der Waals surface area (Å²) in [5.41, 5.74) is 10.2. The maximum Gasteiger partial charge on any atom is 2.00 e. The largest absolute Gasteiger partial charge is 2.00 e. The van der Waals surface area contributed by atoms with Crippen molar-refractivity contribution < 1.29 is 0 Å². The number of aromatic nitrogens is 4. The van der Waals surface area contributed by atoms with Crippen LogP contribution in [0.3, 0.4) is 0 Å². The van der Waals surface area contributed by atoms with Crippen molar-refractivity contribution in [2.45, 2.75) is 12.8 Å². The first-order valence-electron chi connectivity index (χ1n) is 8.79. The molecule has 0 fully saturated rings. The molecule has 27 heavy (non-hydrogen) atoms. The first kappa shape index (κ1) is 16.5. The zero-order valence-electron chi connectivity index (χ0n) is 14.7. The third-order valence-electron chi connectivity index (χ3n) is 5.02. The van der Waals surface area contributed by atoms with Crippen molar-refractivity contribution in [3.63, 3.8) is 0 Å². The molecule has 0 unspecified atom stereocenters. The number of aryl methyl sites for hydroxylation is 1. The first-order valence-corrected chi connectivity index (χ1v) is 8.79. The number of hydrogen-bond donors (Lipinski definition) is 0. The molecule has 0 spiro atoms. The molecule has 5 heteroatoms. The Labute approximate surface area is 172 Å². The van der Waals surface area contributed by atoms with E-state index in [-0.39, 0.29) is 23.1 Å². The Morgan fingerprint density at radius 1 is 0.704 bits per heavy atom. The Kier molecular flexibility index (Phi) is 3.81. The number of nitrogens with zero attached hydrogens (tertiary/aromatic N) is 4. The molecule has 4 nitrogen and oxygen atoms in total. The summed E-state index contributed by atoms with van der Waals surface area (Å²) in [4.78, 5) is 19.0. The molecule has 1 aliphatic carbocycles. The van der Waals surface area contributed by atoms with Crippen LogP contribution in [-0.2, 0) is 6.42 Å². The van der Waals surface area contributed by atoms with Gasteiger partial charge in [-0.15, -0.1) is 22.1 Å². The first-order chi connectivity index (χ1) is 12.8. The van der Waals surface area contributed by atoms with Gasteiger partial charge in [0, 0.05) is 0 Å². The van der Waals surface area contributed by atoms with E-state index < -0.39 is 0 Å². The monoisotopic (exact) mass is 358 g/mol. The Hall–Kier alpha value is -2.63. The predicted octanol–water partition coefficient (Wildman–Crippen LogP) is 3.85. The van der Waals surface area contributed by atoms with Gasteiger partial charge in [-0.05, 0) is 42.2 Å². The second kappa shape index (κ2) is 6.22. The summed E-state index contributed by atoms with van der Waals surface area (Å²) in [5.74, 6) is 0. The molecule has 3 aliphatic rings. The van der Waals surface area contributed by atoms with Crippen LogP contribution in [0.5, 0.6) is 0 Å². The Bertz CT molecular complexity index is 1290. The molecule has 0 amide bonds. The van der Waals surface area contributed by atoms with Gasteiger partial charge in [0.1, 0.15) is 0 Å². The van der Waals surface area contributed by atoms with E-state index in [4.69, 9.17) is 9.97 Å². The quantitative estimate of drug-likeness (QED) is 0.448. The molecular formula is C22H14MgN4. The van der Waals surface area contributed by atoms with Gasteiger partial charge in [-0.1, -0.05) is 42.5 Å². The zero-order valence-corrected chi connectivity index (χ0v) is 16.1. The minimum Gasteiger partial charge on any atom is -0.658 e. The summed E-state index contributed by atoms with van der Waals surface area (Å²) in [6.45, 7) is 0. The van der Waals surface area contributed by atoms with Crippen molar-refractivity contribution in [3.8, 4) is 0 Å². The maximum atomic E-state index is 4.86. The van der Waals surface area contributed by atoms with Crippen LogP contribution >= 0.6 is 0 Å². The van der Waals surface area contributed by atoms with Crippen LogP contribution in [0, 0.1) is 0 Å². The van der Waals surface area contributed by atoms with Crippen molar-refractivity contribution in [1.82, 2.24) is 19.9 Å². The third-order valence-corrected chi connectivity index (χ3v) is 5.02. The maximum absolute atomic E-state index is 4.86. The molecule has 6 rings (SSSR count). The third kappa shape index (κ3) is 2.83. The van der Waals surface area contributed by atoms with Crippen LogP contribution in [0.4, 0.5) is 0 Å². The number of allylic oxidation sites excluding steroid dienone is 1. The van der Waals surface area contributed by atoms with E-state index in [2.05, 4.69) is 28.2 Å². The SMILES string of the molecule is C1=Cc2cc3ccc([n-]3)c3c4nc(cc5ccc(cc1n2)[n-]5)C=C4CC3.[Mg+2]. The summed E-state index contributed by atoms with van der Waals surface area (Å²) in [5, 5.41) is 0. The van der Waals surface area contributed by atoms with Gasteiger partial charge in [-0.3, -0.25) is 0 Å². The molecule has 8 bridgehead atoms. The Balaban J connectivity index is 0.00000160. The molecule has 0 N–H and O–H groups in total. The van der Waals surface area contributed by atoms with Crippen molar-refractivity contribution in [3.05, 3.63) is 70.8 Å². The van der Waals surface area contributed by atoms with E-state index in [0.29, 0.717) is 0 Å². The Morgan fingerprint density at radius 2 is 1.37 bits per heavy atom. The predicted molar refractivity (Wildman–Crippen MR) is 110 cm³/mol. The number of hydrogen-bond acceptors (Lipinski definition) is 2. The molecular weight excluding hydrogens is 345 g/mol. The second-order valence-corrected chi connectivity index (χ2v) is 6.81. The molecule has 3 aromatic heterocycles. The molecule has 0 saturated carbocycles. The molecule has 2 aliphatic heterocycles. The Morgan fingerprint density at radius 3 is 2.15 bits per heavy atom. The van der Waals surface area contributed by atoms with Gasteiger partial charge in [0.15, 0.2) is 0 Å². The van der Waals surface area contributed by atoms with Gasteiger partial charge in [0.05, 0.1) is 22.8 Å². The summed E-state index contributed by atoms with van der Waals surface area (Å²) in [6.07, 6.45) is 8.23. The molecule has 0 aromatic carbocycles. The molecule has 5 heterocycles. The fourth-order valence-corrected chi connectivity index (χ4v) is 3.82. The molecule has 0 atom stereocenters. The zero-order chi connectivity index (χ0) is 17.1. The van der Waals surface area contributed by atoms with Gasteiger partial charge in [0.25, 0.3) is 0 Å². The summed E-state index contributed by atoms with van der Waals surface area (Å²) >= 11 is 0. The van der Waals surface area contributed by atoms with E-state index in [1.54, 1.807) is 0 Å². The molecule has 0 radical (unpaired) electrons. The standard InChI is InChI=1S/C22H14N4.Mg/c1-7-20-21-8-6-18(25-21)11-16-3-2-14(23-16)10-15-4-5-17(24-15)12-19-9-13(1)22(20)26-19;/h2-6,8-12H,1,7H2;/q-2;+2. The van der Waals surface area contributed by atoms with Crippen LogP contribution in [0.1, 0.15) is 34.8 Å². The number of rotatable bonds is 0. The second-order valence-electron chi connectivity index (χ2n) is 6.81. The van der Waals surface area contributed by atoms with Gasteiger partial charge >= 0.3 is 23.1 Å². The summed E-state index contributed by atoms with van der Waals surface area (Å²) in [7, 11) is 0. The normalized spacial score (nSPS) is 14.1. The van der Waals surface area contributed by atoms with Crippen LogP contribution in [-0.4, -0.2) is 33.0 Å².